The van der Waals surface area contributed by atoms with Crippen molar-refractivity contribution in [3.8, 4) is 0 Å². The van der Waals surface area contributed by atoms with Gasteiger partial charge in [0.2, 0.25) is 5.91 Å². The lowest BCUT2D eigenvalue weighted by Crippen LogP contribution is -2.30. The van der Waals surface area contributed by atoms with Gasteiger partial charge < -0.3 is 4.90 Å². The Bertz CT molecular complexity index is 622. The maximum Gasteiger partial charge on any atom is 0.223 e. The lowest BCUT2D eigenvalue weighted by Gasteiger charge is -2.25. The summed E-state index contributed by atoms with van der Waals surface area (Å²) in [5, 5.41) is 0. The fraction of sp³-hybridized carbons (Fsp3) is 0.368. The van der Waals surface area contributed by atoms with E-state index in [9.17, 15) is 4.79 Å². The maximum atomic E-state index is 12.6. The zero-order valence-electron chi connectivity index (χ0n) is 13.0. The number of rotatable bonds is 4. The molecule has 114 valence electrons. The minimum atomic E-state index is 0.252. The van der Waals surface area contributed by atoms with Crippen LogP contribution in [0.1, 0.15) is 42.0 Å². The molecular formula is C19H22N2O. The lowest BCUT2D eigenvalue weighted by molar-refractivity contribution is -0.132. The molecule has 3 rings (SSSR count). The van der Waals surface area contributed by atoms with Crippen LogP contribution in [0.25, 0.3) is 0 Å². The third kappa shape index (κ3) is 3.35. The maximum absolute atomic E-state index is 12.6. The average Bonchev–Trinajstić information content (AvgIpc) is 3.04. The molecule has 3 nitrogen and oxygen atoms in total. The summed E-state index contributed by atoms with van der Waals surface area (Å²) in [7, 11) is 0. The second-order valence-corrected chi connectivity index (χ2v) is 6.02. The van der Waals surface area contributed by atoms with E-state index >= 15 is 0 Å². The van der Waals surface area contributed by atoms with Gasteiger partial charge >= 0.3 is 0 Å². The number of likely N-dealkylation sites (tertiary alicyclic amines) is 1. The van der Waals surface area contributed by atoms with Gasteiger partial charge in [-0.25, -0.2) is 0 Å². The van der Waals surface area contributed by atoms with E-state index in [1.54, 1.807) is 6.20 Å². The molecule has 2 aromatic rings. The van der Waals surface area contributed by atoms with Crippen molar-refractivity contribution in [1.29, 1.82) is 0 Å². The van der Waals surface area contributed by atoms with Gasteiger partial charge in [0.15, 0.2) is 0 Å². The highest BCUT2D eigenvalue weighted by Gasteiger charge is 2.29. The Balaban J connectivity index is 1.65. The number of nitrogens with zero attached hydrogens (tertiary/aromatic N) is 2. The van der Waals surface area contributed by atoms with Crippen molar-refractivity contribution in [1.82, 2.24) is 9.88 Å². The van der Waals surface area contributed by atoms with E-state index in [1.165, 1.54) is 11.1 Å². The topological polar surface area (TPSA) is 33.2 Å². The smallest absolute Gasteiger partial charge is 0.223 e. The fourth-order valence-electron chi connectivity index (χ4n) is 3.14. The van der Waals surface area contributed by atoms with Crippen LogP contribution in [0.4, 0.5) is 0 Å². The Morgan fingerprint density at radius 2 is 2.09 bits per heavy atom. The van der Waals surface area contributed by atoms with Gasteiger partial charge in [0.05, 0.1) is 6.04 Å². The number of hydrogen-bond donors (Lipinski definition) is 0. The Kier molecular flexibility index (Phi) is 4.52. The SMILES string of the molecule is Cc1ccc(C2CCCN2C(=O)CCc2cccnc2)cc1. The molecule has 1 atom stereocenters. The van der Waals surface area contributed by atoms with Gasteiger partial charge in [-0.3, -0.25) is 9.78 Å². The van der Waals surface area contributed by atoms with E-state index in [0.717, 1.165) is 31.4 Å². The summed E-state index contributed by atoms with van der Waals surface area (Å²) in [6.07, 6.45) is 7.10. The van der Waals surface area contributed by atoms with Crippen LogP contribution in [-0.2, 0) is 11.2 Å². The summed E-state index contributed by atoms with van der Waals surface area (Å²) in [6, 6.07) is 12.8. The Labute approximate surface area is 132 Å². The van der Waals surface area contributed by atoms with Crippen molar-refractivity contribution in [3.63, 3.8) is 0 Å². The van der Waals surface area contributed by atoms with Gasteiger partial charge in [-0.2, -0.15) is 0 Å². The quantitative estimate of drug-likeness (QED) is 0.861. The van der Waals surface area contributed by atoms with Crippen LogP contribution in [0.2, 0.25) is 0 Å². The number of aryl methyl sites for hydroxylation is 2. The molecule has 0 N–H and O–H groups in total. The van der Waals surface area contributed by atoms with E-state index in [0.29, 0.717) is 6.42 Å². The summed E-state index contributed by atoms with van der Waals surface area (Å²) >= 11 is 0. The lowest BCUT2D eigenvalue weighted by atomic mass is 10.0. The third-order valence-electron chi connectivity index (χ3n) is 4.39. The molecule has 0 saturated carbocycles. The molecule has 0 bridgehead atoms. The van der Waals surface area contributed by atoms with Gasteiger partial charge in [0.25, 0.3) is 0 Å². The van der Waals surface area contributed by atoms with Gasteiger partial charge in [-0.1, -0.05) is 35.9 Å². The first kappa shape index (κ1) is 14.8. The molecular weight excluding hydrogens is 272 g/mol. The van der Waals surface area contributed by atoms with E-state index < -0.39 is 0 Å². The molecule has 3 heteroatoms. The van der Waals surface area contributed by atoms with Crippen molar-refractivity contribution in [2.75, 3.05) is 6.54 Å². The van der Waals surface area contributed by atoms with Crippen LogP contribution in [0, 0.1) is 6.92 Å². The fourth-order valence-corrected chi connectivity index (χ4v) is 3.14. The van der Waals surface area contributed by atoms with E-state index in [-0.39, 0.29) is 11.9 Å². The molecule has 0 spiro atoms. The van der Waals surface area contributed by atoms with Crippen molar-refractivity contribution < 1.29 is 4.79 Å². The highest BCUT2D eigenvalue weighted by molar-refractivity contribution is 5.77. The van der Waals surface area contributed by atoms with Crippen molar-refractivity contribution in [2.45, 2.75) is 38.6 Å². The van der Waals surface area contributed by atoms with Crippen LogP contribution in [0.3, 0.4) is 0 Å². The van der Waals surface area contributed by atoms with Gasteiger partial charge in [0, 0.05) is 25.4 Å². The molecule has 1 amide bonds. The van der Waals surface area contributed by atoms with Crippen LogP contribution < -0.4 is 0 Å². The predicted octanol–water partition coefficient (Wildman–Crippen LogP) is 3.69. The standard InChI is InChI=1S/C19H22N2O/c1-15-6-9-17(10-7-15)18-5-3-13-21(18)19(22)11-8-16-4-2-12-20-14-16/h2,4,6-7,9-10,12,14,18H,3,5,8,11,13H2,1H3. The normalized spacial score (nSPS) is 17.7. The second kappa shape index (κ2) is 6.73. The number of hydrogen-bond acceptors (Lipinski definition) is 2. The summed E-state index contributed by atoms with van der Waals surface area (Å²) in [4.78, 5) is 18.7. The van der Waals surface area contributed by atoms with E-state index in [4.69, 9.17) is 0 Å². The number of pyridine rings is 1. The molecule has 1 saturated heterocycles. The molecule has 0 radical (unpaired) electrons. The van der Waals surface area contributed by atoms with Gasteiger partial charge in [-0.05, 0) is 43.4 Å². The minimum absolute atomic E-state index is 0.252. The average molecular weight is 294 g/mol. The van der Waals surface area contributed by atoms with Gasteiger partial charge in [0.1, 0.15) is 0 Å². The van der Waals surface area contributed by atoms with Crippen molar-refractivity contribution in [3.05, 3.63) is 65.5 Å². The molecule has 22 heavy (non-hydrogen) atoms. The summed E-state index contributed by atoms with van der Waals surface area (Å²) in [5.74, 6) is 0.256. The molecule has 1 aromatic carbocycles. The first-order valence-electron chi connectivity index (χ1n) is 7.99. The highest BCUT2D eigenvalue weighted by Crippen LogP contribution is 2.32. The number of aromatic nitrogens is 1. The monoisotopic (exact) mass is 294 g/mol. The largest absolute Gasteiger partial charge is 0.336 e. The number of benzene rings is 1. The summed E-state index contributed by atoms with van der Waals surface area (Å²) in [5.41, 5.74) is 3.65. The van der Waals surface area contributed by atoms with Crippen LogP contribution in [0.15, 0.2) is 48.8 Å². The number of carbonyl (C=O) groups is 1. The third-order valence-corrected chi connectivity index (χ3v) is 4.39. The Hall–Kier alpha value is -2.16. The van der Waals surface area contributed by atoms with Crippen LogP contribution in [-0.4, -0.2) is 22.3 Å². The molecule has 0 aliphatic carbocycles. The summed E-state index contributed by atoms with van der Waals surface area (Å²) < 4.78 is 0. The Morgan fingerprint density at radius 1 is 1.27 bits per heavy atom. The van der Waals surface area contributed by atoms with Crippen LogP contribution >= 0.6 is 0 Å². The zero-order valence-corrected chi connectivity index (χ0v) is 13.0. The van der Waals surface area contributed by atoms with Crippen molar-refractivity contribution in [2.24, 2.45) is 0 Å². The van der Waals surface area contributed by atoms with E-state index in [2.05, 4.69) is 41.1 Å². The summed E-state index contributed by atoms with van der Waals surface area (Å²) in [6.45, 7) is 2.97. The Morgan fingerprint density at radius 3 is 2.82 bits per heavy atom. The first-order chi connectivity index (χ1) is 10.7. The van der Waals surface area contributed by atoms with Gasteiger partial charge in [-0.15, -0.1) is 0 Å². The minimum Gasteiger partial charge on any atom is -0.336 e. The first-order valence-corrected chi connectivity index (χ1v) is 7.99. The highest BCUT2D eigenvalue weighted by atomic mass is 16.2. The molecule has 2 heterocycles. The second-order valence-electron chi connectivity index (χ2n) is 6.02. The molecule has 1 unspecified atom stereocenters. The number of amides is 1. The predicted molar refractivity (Wildman–Crippen MR) is 87.4 cm³/mol. The van der Waals surface area contributed by atoms with Crippen molar-refractivity contribution >= 4 is 5.91 Å². The molecule has 1 aliphatic heterocycles. The molecule has 1 aliphatic rings. The molecule has 1 fully saturated rings. The number of carbonyl (C=O) groups excluding carboxylic acids is 1. The van der Waals surface area contributed by atoms with Crippen LogP contribution in [0.5, 0.6) is 0 Å². The van der Waals surface area contributed by atoms with E-state index in [1.807, 2.05) is 18.3 Å². The zero-order chi connectivity index (χ0) is 15.4. The molecule has 1 aromatic heterocycles.